The summed E-state index contributed by atoms with van der Waals surface area (Å²) in [6, 6.07) is 6.51. The number of aromatic nitrogens is 5. The Hall–Kier alpha value is -5.82. The molecule has 4 fully saturated rings. The van der Waals surface area contributed by atoms with E-state index in [1.54, 1.807) is 23.0 Å². The van der Waals surface area contributed by atoms with Crippen molar-refractivity contribution >= 4 is 52.4 Å². The Labute approximate surface area is 356 Å². The van der Waals surface area contributed by atoms with E-state index >= 15 is 0 Å². The van der Waals surface area contributed by atoms with E-state index in [0.717, 1.165) is 62.8 Å². The summed E-state index contributed by atoms with van der Waals surface area (Å²) in [6.45, 7) is 3.41. The van der Waals surface area contributed by atoms with Crippen LogP contribution in [0, 0.1) is 5.92 Å². The first-order valence-electron chi connectivity index (χ1n) is 21.6. The average Bonchev–Trinajstić information content (AvgIpc) is 3.98. The first-order valence-corrected chi connectivity index (χ1v) is 21.6. The highest BCUT2D eigenvalue weighted by Crippen LogP contribution is 2.39. The molecule has 1 unspecified atom stereocenters. The molecule has 4 aromatic rings. The molecular formula is C43H51F2N11O6. The molecule has 3 aromatic heterocycles. The molecule has 6 heterocycles. The van der Waals surface area contributed by atoms with Crippen molar-refractivity contribution in [2.45, 2.75) is 94.8 Å². The van der Waals surface area contributed by atoms with Crippen LogP contribution in [-0.4, -0.2) is 129 Å². The van der Waals surface area contributed by atoms with Crippen LogP contribution in [0.25, 0.3) is 5.65 Å². The highest BCUT2D eigenvalue weighted by atomic mass is 19.3. The van der Waals surface area contributed by atoms with Crippen LogP contribution in [0.3, 0.4) is 0 Å². The molecule has 328 valence electrons. The number of carbonyl (C=O) groups excluding carboxylic acids is 5. The number of hydrogen-bond acceptors (Lipinski definition) is 12. The molecule has 2 N–H and O–H groups in total. The van der Waals surface area contributed by atoms with E-state index < -0.39 is 47.7 Å². The van der Waals surface area contributed by atoms with Gasteiger partial charge in [0.1, 0.15) is 17.4 Å². The highest BCUT2D eigenvalue weighted by Gasteiger charge is 2.46. The van der Waals surface area contributed by atoms with Gasteiger partial charge in [0.15, 0.2) is 11.3 Å². The SMILES string of the molecule is CN(C[C@H]1CC[C@H](n2cc(NC(=O)c3cnn4ccc(N5CCOCC5)nc34)c(C(F)F)n2)CC1)C1CCC(N(C)c2cccc3c2C(=O)N(C2CCC(=O)NC2=O)C3=O)CC1. The fraction of sp³-hybridized carbons (Fsp3) is 0.535. The minimum atomic E-state index is -2.88. The number of amides is 5. The lowest BCUT2D eigenvalue weighted by Gasteiger charge is -2.41. The van der Waals surface area contributed by atoms with Gasteiger partial charge in [-0.25, -0.2) is 18.3 Å². The Kier molecular flexibility index (Phi) is 11.5. The van der Waals surface area contributed by atoms with Crippen molar-refractivity contribution < 1.29 is 37.5 Å². The molecule has 2 saturated heterocycles. The summed E-state index contributed by atoms with van der Waals surface area (Å²) in [5, 5.41) is 13.5. The normalized spacial score (nSPS) is 24.6. The standard InChI is InChI=1S/C43H51F2N11O6/c1-51(26-10-12-27(13-11-26)52(2)32-5-3-4-29-36(32)43(61)56(42(29)60)33-14-15-35(57)49-41(33)59)23-25-6-8-28(9-7-25)55-24-31(37(50-55)38(44)45)47-40(58)30-22-46-54-17-16-34(48-39(30)54)53-18-20-62-21-19-53/h3-5,16-17,22,24-28,33,38H,6-15,18-21,23H2,1-2H3,(H,47,58)(H,49,57,59)/t25-,26?,27?,28-,33?. The number of morpholine rings is 1. The number of fused-ring (bicyclic) bond motifs is 2. The van der Waals surface area contributed by atoms with Gasteiger partial charge in [0, 0.05) is 57.6 Å². The zero-order chi connectivity index (χ0) is 43.2. The molecular weight excluding hydrogens is 805 g/mol. The van der Waals surface area contributed by atoms with Gasteiger partial charge in [-0.05, 0) is 89.0 Å². The molecule has 2 saturated carbocycles. The number of imide groups is 2. The molecule has 17 nitrogen and oxygen atoms in total. The fourth-order valence-corrected chi connectivity index (χ4v) is 10.1. The number of ether oxygens (including phenoxy) is 1. The monoisotopic (exact) mass is 855 g/mol. The lowest BCUT2D eigenvalue weighted by Crippen LogP contribution is -2.54. The van der Waals surface area contributed by atoms with E-state index in [4.69, 9.17) is 4.74 Å². The van der Waals surface area contributed by atoms with Crippen molar-refractivity contribution in [1.29, 1.82) is 0 Å². The van der Waals surface area contributed by atoms with Crippen molar-refractivity contribution in [3.63, 3.8) is 0 Å². The molecule has 2 aliphatic carbocycles. The smallest absolute Gasteiger partial charge is 0.284 e. The summed E-state index contributed by atoms with van der Waals surface area (Å²) in [4.78, 5) is 77.3. The summed E-state index contributed by atoms with van der Waals surface area (Å²) in [7, 11) is 4.12. The van der Waals surface area contributed by atoms with Gasteiger partial charge < -0.3 is 24.8 Å². The first-order chi connectivity index (χ1) is 29.9. The maximum Gasteiger partial charge on any atom is 0.284 e. The van der Waals surface area contributed by atoms with Crippen molar-refractivity contribution in [3.05, 3.63) is 65.2 Å². The maximum absolute atomic E-state index is 14.3. The molecule has 0 bridgehead atoms. The minimum absolute atomic E-state index is 0.0253. The van der Waals surface area contributed by atoms with Gasteiger partial charge >= 0.3 is 0 Å². The molecule has 19 heteroatoms. The van der Waals surface area contributed by atoms with Crippen LogP contribution in [0.4, 0.5) is 26.0 Å². The summed E-state index contributed by atoms with van der Waals surface area (Å²) in [5.74, 6) is -1.52. The molecule has 1 aromatic carbocycles. The number of hydrogen-bond donors (Lipinski definition) is 2. The van der Waals surface area contributed by atoms with Crippen molar-refractivity contribution in [2.24, 2.45) is 5.92 Å². The second-order valence-corrected chi connectivity index (χ2v) is 17.2. The number of nitrogens with one attached hydrogen (secondary N) is 2. The third kappa shape index (κ3) is 7.91. The molecule has 5 amide bonds. The quantitative estimate of drug-likeness (QED) is 0.203. The molecule has 3 aliphatic heterocycles. The predicted molar refractivity (Wildman–Crippen MR) is 222 cm³/mol. The number of alkyl halides is 2. The third-order valence-electron chi connectivity index (χ3n) is 13.5. The van der Waals surface area contributed by atoms with E-state index in [0.29, 0.717) is 61.0 Å². The van der Waals surface area contributed by atoms with E-state index in [2.05, 4.69) is 47.6 Å². The molecule has 9 rings (SSSR count). The van der Waals surface area contributed by atoms with Crippen LogP contribution in [0.1, 0.15) is 113 Å². The molecule has 1 atom stereocenters. The van der Waals surface area contributed by atoms with Gasteiger partial charge in [0.05, 0.1) is 48.0 Å². The van der Waals surface area contributed by atoms with Crippen LogP contribution in [0.15, 0.2) is 42.9 Å². The van der Waals surface area contributed by atoms with Crippen molar-refractivity contribution in [2.75, 3.05) is 62.1 Å². The topological polar surface area (TPSA) is 180 Å². The Morgan fingerprint density at radius 3 is 2.42 bits per heavy atom. The Morgan fingerprint density at radius 2 is 1.69 bits per heavy atom. The number of nitrogens with zero attached hydrogens (tertiary/aromatic N) is 9. The Balaban J connectivity index is 0.777. The summed E-state index contributed by atoms with van der Waals surface area (Å²) < 4.78 is 37.1. The Bertz CT molecular complexity index is 2380. The summed E-state index contributed by atoms with van der Waals surface area (Å²) in [5.41, 5.74) is 1.26. The van der Waals surface area contributed by atoms with Gasteiger partial charge in [0.25, 0.3) is 24.1 Å². The second-order valence-electron chi connectivity index (χ2n) is 17.2. The van der Waals surface area contributed by atoms with Gasteiger partial charge in [-0.2, -0.15) is 10.2 Å². The van der Waals surface area contributed by atoms with Gasteiger partial charge in [0.2, 0.25) is 11.8 Å². The Morgan fingerprint density at radius 1 is 0.952 bits per heavy atom. The number of benzene rings is 1. The number of halogens is 2. The van der Waals surface area contributed by atoms with Crippen molar-refractivity contribution in [3.8, 4) is 0 Å². The third-order valence-corrected chi connectivity index (χ3v) is 13.5. The van der Waals surface area contributed by atoms with E-state index in [1.165, 1.54) is 16.9 Å². The summed E-state index contributed by atoms with van der Waals surface area (Å²) >= 11 is 0. The number of rotatable bonds is 11. The predicted octanol–water partition coefficient (Wildman–Crippen LogP) is 4.46. The second kappa shape index (κ2) is 17.2. The number of piperidine rings is 1. The van der Waals surface area contributed by atoms with Crippen LogP contribution in [0.5, 0.6) is 0 Å². The van der Waals surface area contributed by atoms with Gasteiger partial charge in [-0.3, -0.25) is 38.9 Å². The fourth-order valence-electron chi connectivity index (χ4n) is 10.1. The van der Waals surface area contributed by atoms with Gasteiger partial charge in [-0.1, -0.05) is 6.07 Å². The van der Waals surface area contributed by atoms with Crippen LogP contribution < -0.4 is 20.4 Å². The van der Waals surface area contributed by atoms with E-state index in [1.807, 2.05) is 19.2 Å². The van der Waals surface area contributed by atoms with Crippen molar-refractivity contribution in [1.82, 2.24) is 39.5 Å². The van der Waals surface area contributed by atoms with E-state index in [-0.39, 0.29) is 41.7 Å². The lowest BCUT2D eigenvalue weighted by molar-refractivity contribution is -0.136. The molecule has 0 radical (unpaired) electrons. The van der Waals surface area contributed by atoms with Crippen LogP contribution in [0.2, 0.25) is 0 Å². The van der Waals surface area contributed by atoms with Gasteiger partial charge in [-0.15, -0.1) is 0 Å². The van der Waals surface area contributed by atoms with E-state index in [9.17, 15) is 32.8 Å². The largest absolute Gasteiger partial charge is 0.378 e. The molecule has 5 aliphatic rings. The zero-order valence-electron chi connectivity index (χ0n) is 34.8. The molecule has 62 heavy (non-hydrogen) atoms. The lowest BCUT2D eigenvalue weighted by atomic mass is 9.84. The molecule has 0 spiro atoms. The average molecular weight is 856 g/mol. The zero-order valence-corrected chi connectivity index (χ0v) is 34.8. The minimum Gasteiger partial charge on any atom is -0.378 e. The highest BCUT2D eigenvalue weighted by molar-refractivity contribution is 6.25. The summed E-state index contributed by atoms with van der Waals surface area (Å²) in [6.07, 6.45) is 9.04. The van der Waals surface area contributed by atoms with Crippen LogP contribution >= 0.6 is 0 Å². The number of anilines is 3. The number of carbonyl (C=O) groups is 5. The first kappa shape index (κ1) is 41.5. The maximum atomic E-state index is 14.3. The van der Waals surface area contributed by atoms with Crippen LogP contribution in [-0.2, 0) is 14.3 Å².